The predicted octanol–water partition coefficient (Wildman–Crippen LogP) is 5.56. The van der Waals surface area contributed by atoms with Crippen LogP contribution in [0, 0.1) is 5.92 Å². The Hall–Kier alpha value is -1.29. The Bertz CT molecular complexity index is 669. The van der Waals surface area contributed by atoms with Crippen LogP contribution in [0.15, 0.2) is 59.5 Å². The van der Waals surface area contributed by atoms with E-state index in [0.29, 0.717) is 0 Å². The topological polar surface area (TPSA) is 6.48 Å². The molecule has 2 nitrogen and oxygen atoms in total. The van der Waals surface area contributed by atoms with Crippen molar-refractivity contribution in [1.29, 1.82) is 0 Å². The Kier molecular flexibility index (Phi) is 5.98. The van der Waals surface area contributed by atoms with E-state index in [0.717, 1.165) is 12.0 Å². The lowest BCUT2D eigenvalue weighted by molar-refractivity contribution is 0.103. The molecule has 2 aliphatic heterocycles. The van der Waals surface area contributed by atoms with Crippen molar-refractivity contribution < 1.29 is 0 Å². The van der Waals surface area contributed by atoms with Gasteiger partial charge in [-0.3, -0.25) is 0 Å². The van der Waals surface area contributed by atoms with E-state index >= 15 is 0 Å². The van der Waals surface area contributed by atoms with Crippen LogP contribution in [0.2, 0.25) is 0 Å². The molecule has 2 saturated heterocycles. The molecular weight excluding hydrogens is 336 g/mol. The summed E-state index contributed by atoms with van der Waals surface area (Å²) in [5.74, 6) is 0.931. The fraction of sp³-hybridized carbons (Fsp3) is 0.478. The van der Waals surface area contributed by atoms with Crippen LogP contribution in [0.1, 0.15) is 32.6 Å². The number of nitrogens with zero attached hydrogens (tertiary/aromatic N) is 2. The van der Waals surface area contributed by atoms with Gasteiger partial charge in [-0.1, -0.05) is 49.4 Å². The summed E-state index contributed by atoms with van der Waals surface area (Å²) in [7, 11) is 0. The molecule has 0 bridgehead atoms. The van der Waals surface area contributed by atoms with Gasteiger partial charge in [0, 0.05) is 24.0 Å². The summed E-state index contributed by atoms with van der Waals surface area (Å²) in [6.45, 7) is 7.46. The van der Waals surface area contributed by atoms with Gasteiger partial charge in [-0.25, -0.2) is 4.31 Å². The Morgan fingerprint density at radius 1 is 0.731 bits per heavy atom. The molecule has 4 rings (SSSR count). The van der Waals surface area contributed by atoms with E-state index in [2.05, 4.69) is 70.7 Å². The third-order valence-electron chi connectivity index (χ3n) is 5.95. The van der Waals surface area contributed by atoms with Crippen molar-refractivity contribution in [1.82, 2.24) is 9.21 Å². The molecule has 0 unspecified atom stereocenters. The van der Waals surface area contributed by atoms with Gasteiger partial charge in [0.15, 0.2) is 0 Å². The van der Waals surface area contributed by atoms with E-state index in [-0.39, 0.29) is 0 Å². The van der Waals surface area contributed by atoms with Gasteiger partial charge < -0.3 is 4.90 Å². The quantitative estimate of drug-likeness (QED) is 0.654. The summed E-state index contributed by atoms with van der Waals surface area (Å²) in [6.07, 6.45) is 5.43. The van der Waals surface area contributed by atoms with Gasteiger partial charge >= 0.3 is 0 Å². The maximum Gasteiger partial charge on any atom is 0.0230 e. The number of benzene rings is 2. The fourth-order valence-corrected chi connectivity index (χ4v) is 5.13. The minimum atomic E-state index is 0.819. The zero-order valence-electron chi connectivity index (χ0n) is 15.8. The molecule has 0 saturated carbocycles. The standard InChI is InChI=1S/C23H30N2S/c1-19-11-15-24(16-12-19)22-13-17-25(18-14-22)26-23-9-7-21(8-10-23)20-5-3-2-4-6-20/h2-10,19,22H,11-18H2,1H3. The average Bonchev–Trinajstić information content (AvgIpc) is 2.71. The second kappa shape index (κ2) is 8.60. The third kappa shape index (κ3) is 4.51. The average molecular weight is 367 g/mol. The third-order valence-corrected chi connectivity index (χ3v) is 7.06. The second-order valence-corrected chi connectivity index (χ2v) is 9.03. The van der Waals surface area contributed by atoms with E-state index in [1.54, 1.807) is 0 Å². The molecule has 0 aromatic heterocycles. The van der Waals surface area contributed by atoms with Crippen molar-refractivity contribution >= 4 is 11.9 Å². The van der Waals surface area contributed by atoms with Crippen LogP contribution in [-0.4, -0.2) is 41.4 Å². The Labute approximate surface area is 162 Å². The first-order valence-corrected chi connectivity index (χ1v) is 10.9. The van der Waals surface area contributed by atoms with Crippen molar-refractivity contribution in [2.45, 2.75) is 43.5 Å². The highest BCUT2D eigenvalue weighted by molar-refractivity contribution is 7.97. The molecular formula is C23H30N2S. The molecule has 2 heterocycles. The summed E-state index contributed by atoms with van der Waals surface area (Å²) in [4.78, 5) is 4.12. The van der Waals surface area contributed by atoms with Crippen molar-refractivity contribution in [2.24, 2.45) is 5.92 Å². The van der Waals surface area contributed by atoms with E-state index in [9.17, 15) is 0 Å². The van der Waals surface area contributed by atoms with E-state index in [1.807, 2.05) is 11.9 Å². The molecule has 26 heavy (non-hydrogen) atoms. The summed E-state index contributed by atoms with van der Waals surface area (Å²) >= 11 is 1.93. The van der Waals surface area contributed by atoms with Crippen molar-refractivity contribution in [3.05, 3.63) is 54.6 Å². The fourth-order valence-electron chi connectivity index (χ4n) is 4.18. The monoisotopic (exact) mass is 366 g/mol. The summed E-state index contributed by atoms with van der Waals surface area (Å²) in [5, 5.41) is 0. The highest BCUT2D eigenvalue weighted by Gasteiger charge is 2.27. The molecule has 2 aromatic carbocycles. The van der Waals surface area contributed by atoms with Gasteiger partial charge in [0.25, 0.3) is 0 Å². The maximum absolute atomic E-state index is 2.76. The maximum atomic E-state index is 2.76. The van der Waals surface area contributed by atoms with Crippen LogP contribution in [-0.2, 0) is 0 Å². The van der Waals surface area contributed by atoms with Gasteiger partial charge in [-0.2, -0.15) is 0 Å². The molecule has 0 amide bonds. The normalized spacial score (nSPS) is 21.1. The van der Waals surface area contributed by atoms with Gasteiger partial charge in [0.2, 0.25) is 0 Å². The van der Waals surface area contributed by atoms with E-state index in [1.165, 1.54) is 67.9 Å². The second-order valence-electron chi connectivity index (χ2n) is 7.86. The molecule has 0 N–H and O–H groups in total. The minimum absolute atomic E-state index is 0.819. The molecule has 0 atom stereocenters. The molecule has 2 aromatic rings. The van der Waals surface area contributed by atoms with Crippen LogP contribution < -0.4 is 0 Å². The summed E-state index contributed by atoms with van der Waals surface area (Å²) in [6, 6.07) is 20.5. The summed E-state index contributed by atoms with van der Waals surface area (Å²) in [5.41, 5.74) is 2.59. The largest absolute Gasteiger partial charge is 0.300 e. The minimum Gasteiger partial charge on any atom is -0.300 e. The first kappa shape index (κ1) is 18.1. The molecule has 0 spiro atoms. The van der Waals surface area contributed by atoms with Crippen molar-refractivity contribution in [3.63, 3.8) is 0 Å². The van der Waals surface area contributed by atoms with Gasteiger partial charge in [-0.05, 0) is 79.9 Å². The number of rotatable bonds is 4. The highest BCUT2D eigenvalue weighted by Crippen LogP contribution is 2.30. The van der Waals surface area contributed by atoms with Crippen LogP contribution in [0.3, 0.4) is 0 Å². The Morgan fingerprint density at radius 3 is 2.00 bits per heavy atom. The number of hydrogen-bond donors (Lipinski definition) is 0. The highest BCUT2D eigenvalue weighted by atomic mass is 32.2. The Morgan fingerprint density at radius 2 is 1.35 bits per heavy atom. The molecule has 3 heteroatoms. The lowest BCUT2D eigenvalue weighted by Crippen LogP contribution is -2.46. The van der Waals surface area contributed by atoms with E-state index < -0.39 is 0 Å². The summed E-state index contributed by atoms with van der Waals surface area (Å²) < 4.78 is 2.56. The van der Waals surface area contributed by atoms with Crippen molar-refractivity contribution in [2.75, 3.05) is 26.2 Å². The van der Waals surface area contributed by atoms with Gasteiger partial charge in [0.1, 0.15) is 0 Å². The first-order chi connectivity index (χ1) is 12.8. The van der Waals surface area contributed by atoms with Crippen LogP contribution >= 0.6 is 11.9 Å². The molecule has 2 fully saturated rings. The number of likely N-dealkylation sites (tertiary alicyclic amines) is 1. The molecule has 0 aliphatic carbocycles. The SMILES string of the molecule is CC1CCN(C2CCN(Sc3ccc(-c4ccccc4)cc3)CC2)CC1. The predicted molar refractivity (Wildman–Crippen MR) is 112 cm³/mol. The molecule has 138 valence electrons. The van der Waals surface area contributed by atoms with Crippen LogP contribution in [0.5, 0.6) is 0 Å². The molecule has 0 radical (unpaired) electrons. The van der Waals surface area contributed by atoms with Crippen LogP contribution in [0.25, 0.3) is 11.1 Å². The van der Waals surface area contributed by atoms with Crippen LogP contribution in [0.4, 0.5) is 0 Å². The smallest absolute Gasteiger partial charge is 0.0230 e. The zero-order chi connectivity index (χ0) is 17.8. The number of hydrogen-bond acceptors (Lipinski definition) is 3. The zero-order valence-corrected chi connectivity index (χ0v) is 16.6. The van der Waals surface area contributed by atoms with Crippen molar-refractivity contribution in [3.8, 4) is 11.1 Å². The van der Waals surface area contributed by atoms with Gasteiger partial charge in [-0.15, -0.1) is 0 Å². The Balaban J connectivity index is 1.28. The van der Waals surface area contributed by atoms with Gasteiger partial charge in [0.05, 0.1) is 0 Å². The first-order valence-electron chi connectivity index (χ1n) is 10.1. The molecule has 2 aliphatic rings. The lowest BCUT2D eigenvalue weighted by atomic mass is 9.95. The number of piperidine rings is 2. The van der Waals surface area contributed by atoms with E-state index in [4.69, 9.17) is 0 Å². The lowest BCUT2D eigenvalue weighted by Gasteiger charge is -2.41.